The molecule has 0 atom stereocenters. The van der Waals surface area contributed by atoms with E-state index in [0.29, 0.717) is 11.6 Å². The van der Waals surface area contributed by atoms with E-state index < -0.39 is 0 Å². The molecule has 0 N–H and O–H groups in total. The largest absolute Gasteiger partial charge is 0.485 e. The van der Waals surface area contributed by atoms with Crippen molar-refractivity contribution in [3.8, 4) is 5.75 Å². The molecule has 0 saturated carbocycles. The normalized spacial score (nSPS) is 10.8. The monoisotopic (exact) mass is 271 g/mol. The smallest absolute Gasteiger partial charge is 0.216 e. The Hall–Kier alpha value is -2.03. The summed E-state index contributed by atoms with van der Waals surface area (Å²) >= 11 is 0. The predicted molar refractivity (Wildman–Crippen MR) is 80.5 cm³/mol. The van der Waals surface area contributed by atoms with Gasteiger partial charge in [0.1, 0.15) is 5.75 Å². The Balaban J connectivity index is 2.08. The first-order valence-electron chi connectivity index (χ1n) is 6.86. The van der Waals surface area contributed by atoms with Gasteiger partial charge in [-0.1, -0.05) is 19.9 Å². The molecule has 1 aromatic heterocycles. The molecule has 0 aliphatic rings. The van der Waals surface area contributed by atoms with Crippen molar-refractivity contribution in [3.63, 3.8) is 0 Å². The fourth-order valence-corrected chi connectivity index (χ4v) is 2.17. The molecule has 0 saturated heterocycles. The van der Waals surface area contributed by atoms with Crippen LogP contribution in [-0.4, -0.2) is 17.0 Å². The SMILES string of the molecule is Cc1cc(OCC(=O)c2cccn2C)cc(C(C)C)c1. The second kappa shape index (κ2) is 5.95. The van der Waals surface area contributed by atoms with Crippen LogP contribution in [-0.2, 0) is 7.05 Å². The van der Waals surface area contributed by atoms with Crippen LogP contribution in [0.1, 0.15) is 41.4 Å². The molecule has 20 heavy (non-hydrogen) atoms. The molecular formula is C17H21NO2. The van der Waals surface area contributed by atoms with Gasteiger partial charge in [-0.15, -0.1) is 0 Å². The van der Waals surface area contributed by atoms with Crippen LogP contribution in [0.3, 0.4) is 0 Å². The maximum atomic E-state index is 12.1. The van der Waals surface area contributed by atoms with Crippen LogP contribution >= 0.6 is 0 Å². The van der Waals surface area contributed by atoms with Gasteiger partial charge in [-0.3, -0.25) is 4.79 Å². The third-order valence-electron chi connectivity index (χ3n) is 3.34. The summed E-state index contributed by atoms with van der Waals surface area (Å²) in [6.07, 6.45) is 1.86. The molecule has 0 radical (unpaired) electrons. The standard InChI is InChI=1S/C17H21NO2/c1-12(2)14-8-13(3)9-15(10-14)20-11-17(19)16-6-5-7-18(16)4/h5-10,12H,11H2,1-4H3. The maximum Gasteiger partial charge on any atom is 0.216 e. The summed E-state index contributed by atoms with van der Waals surface area (Å²) in [7, 11) is 1.86. The number of rotatable bonds is 5. The number of hydrogen-bond acceptors (Lipinski definition) is 2. The van der Waals surface area contributed by atoms with Crippen molar-refractivity contribution < 1.29 is 9.53 Å². The molecule has 0 spiro atoms. The Bertz CT molecular complexity index is 611. The van der Waals surface area contributed by atoms with Crippen LogP contribution in [0, 0.1) is 6.92 Å². The lowest BCUT2D eigenvalue weighted by molar-refractivity contribution is 0.0913. The highest BCUT2D eigenvalue weighted by Crippen LogP contribution is 2.23. The van der Waals surface area contributed by atoms with Crippen molar-refractivity contribution in [2.24, 2.45) is 7.05 Å². The van der Waals surface area contributed by atoms with E-state index in [1.54, 1.807) is 0 Å². The highest BCUT2D eigenvalue weighted by atomic mass is 16.5. The van der Waals surface area contributed by atoms with Crippen LogP contribution in [0.25, 0.3) is 0 Å². The van der Waals surface area contributed by atoms with Gasteiger partial charge in [-0.25, -0.2) is 0 Å². The van der Waals surface area contributed by atoms with E-state index in [1.807, 2.05) is 49.0 Å². The van der Waals surface area contributed by atoms with Crippen molar-refractivity contribution in [1.82, 2.24) is 4.57 Å². The first-order valence-corrected chi connectivity index (χ1v) is 6.86. The van der Waals surface area contributed by atoms with Gasteiger partial charge in [0.15, 0.2) is 6.61 Å². The first-order chi connectivity index (χ1) is 9.47. The average Bonchev–Trinajstić information content (AvgIpc) is 2.81. The Morgan fingerprint density at radius 1 is 1.30 bits per heavy atom. The molecule has 0 fully saturated rings. The van der Waals surface area contributed by atoms with Gasteiger partial charge in [0.2, 0.25) is 5.78 Å². The number of ketones is 1. The molecule has 0 amide bonds. The fraction of sp³-hybridized carbons (Fsp3) is 0.353. The second-order valence-electron chi connectivity index (χ2n) is 5.45. The van der Waals surface area contributed by atoms with Crippen molar-refractivity contribution >= 4 is 5.78 Å². The van der Waals surface area contributed by atoms with Crippen LogP contribution in [0.5, 0.6) is 5.75 Å². The minimum Gasteiger partial charge on any atom is -0.485 e. The van der Waals surface area contributed by atoms with E-state index in [9.17, 15) is 4.79 Å². The molecule has 3 nitrogen and oxygen atoms in total. The number of carbonyl (C=O) groups excluding carboxylic acids is 1. The summed E-state index contributed by atoms with van der Waals surface area (Å²) in [6.45, 7) is 6.40. The van der Waals surface area contributed by atoms with Crippen LogP contribution in [0.4, 0.5) is 0 Å². The summed E-state index contributed by atoms with van der Waals surface area (Å²) in [4.78, 5) is 12.1. The number of Topliss-reactive ketones (excluding diaryl/α,β-unsaturated/α-hetero) is 1. The van der Waals surface area contributed by atoms with E-state index in [1.165, 1.54) is 5.56 Å². The Morgan fingerprint density at radius 3 is 2.65 bits per heavy atom. The Labute approximate surface area is 120 Å². The van der Waals surface area contributed by atoms with Crippen molar-refractivity contribution in [2.45, 2.75) is 26.7 Å². The Morgan fingerprint density at radius 2 is 2.05 bits per heavy atom. The number of hydrogen-bond donors (Lipinski definition) is 0. The van der Waals surface area contributed by atoms with E-state index >= 15 is 0 Å². The predicted octanol–water partition coefficient (Wildman–Crippen LogP) is 3.72. The summed E-state index contributed by atoms with van der Waals surface area (Å²) < 4.78 is 7.46. The number of benzene rings is 1. The Kier molecular flexibility index (Phi) is 4.28. The minimum absolute atomic E-state index is 0.00916. The number of aryl methyl sites for hydroxylation is 2. The van der Waals surface area contributed by atoms with Crippen molar-refractivity contribution in [3.05, 3.63) is 53.3 Å². The van der Waals surface area contributed by atoms with Crippen LogP contribution < -0.4 is 4.74 Å². The van der Waals surface area contributed by atoms with Crippen LogP contribution in [0.2, 0.25) is 0 Å². The zero-order chi connectivity index (χ0) is 14.7. The molecule has 3 heteroatoms. The molecule has 1 aromatic carbocycles. The van der Waals surface area contributed by atoms with Gasteiger partial charge in [0, 0.05) is 13.2 Å². The summed E-state index contributed by atoms with van der Waals surface area (Å²) in [6, 6.07) is 9.79. The lowest BCUT2D eigenvalue weighted by atomic mass is 10.0. The number of aromatic nitrogens is 1. The third-order valence-corrected chi connectivity index (χ3v) is 3.34. The van der Waals surface area contributed by atoms with Gasteiger partial charge in [-0.2, -0.15) is 0 Å². The topological polar surface area (TPSA) is 31.2 Å². The fourth-order valence-electron chi connectivity index (χ4n) is 2.17. The summed E-state index contributed by atoms with van der Waals surface area (Å²) in [5.74, 6) is 1.20. The van der Waals surface area contributed by atoms with Gasteiger partial charge >= 0.3 is 0 Å². The van der Waals surface area contributed by atoms with Gasteiger partial charge < -0.3 is 9.30 Å². The van der Waals surface area contributed by atoms with Gasteiger partial charge in [-0.05, 0) is 48.2 Å². The van der Waals surface area contributed by atoms with Crippen molar-refractivity contribution in [1.29, 1.82) is 0 Å². The van der Waals surface area contributed by atoms with E-state index in [2.05, 4.69) is 19.9 Å². The highest BCUT2D eigenvalue weighted by Gasteiger charge is 2.10. The highest BCUT2D eigenvalue weighted by molar-refractivity contribution is 5.95. The molecule has 0 bridgehead atoms. The maximum absolute atomic E-state index is 12.1. The summed E-state index contributed by atoms with van der Waals surface area (Å²) in [5.41, 5.74) is 3.05. The number of nitrogens with zero attached hydrogens (tertiary/aromatic N) is 1. The van der Waals surface area contributed by atoms with Gasteiger partial charge in [0.05, 0.1) is 5.69 Å². The lowest BCUT2D eigenvalue weighted by Crippen LogP contribution is -2.14. The molecular weight excluding hydrogens is 250 g/mol. The number of ether oxygens (including phenoxy) is 1. The lowest BCUT2D eigenvalue weighted by Gasteiger charge is -2.11. The summed E-state index contributed by atoms with van der Waals surface area (Å²) in [5, 5.41) is 0. The molecule has 1 heterocycles. The zero-order valence-corrected chi connectivity index (χ0v) is 12.5. The molecule has 0 aliphatic carbocycles. The van der Waals surface area contributed by atoms with E-state index in [0.717, 1.165) is 11.3 Å². The van der Waals surface area contributed by atoms with Crippen molar-refractivity contribution in [2.75, 3.05) is 6.61 Å². The van der Waals surface area contributed by atoms with E-state index in [4.69, 9.17) is 4.74 Å². The molecule has 106 valence electrons. The quantitative estimate of drug-likeness (QED) is 0.776. The third kappa shape index (κ3) is 3.29. The minimum atomic E-state index is -0.00916. The molecule has 2 rings (SSSR count). The van der Waals surface area contributed by atoms with Gasteiger partial charge in [0.25, 0.3) is 0 Å². The number of carbonyl (C=O) groups is 1. The first kappa shape index (κ1) is 14.4. The van der Waals surface area contributed by atoms with E-state index in [-0.39, 0.29) is 12.4 Å². The second-order valence-corrected chi connectivity index (χ2v) is 5.45. The molecule has 2 aromatic rings. The molecule has 0 aliphatic heterocycles. The average molecular weight is 271 g/mol. The molecule has 0 unspecified atom stereocenters. The van der Waals surface area contributed by atoms with Crippen LogP contribution in [0.15, 0.2) is 36.5 Å². The zero-order valence-electron chi connectivity index (χ0n) is 12.5.